The van der Waals surface area contributed by atoms with Gasteiger partial charge in [0.15, 0.2) is 0 Å². The van der Waals surface area contributed by atoms with E-state index in [1.807, 2.05) is 0 Å². The highest BCUT2D eigenvalue weighted by molar-refractivity contribution is 5.83. The van der Waals surface area contributed by atoms with Crippen LogP contribution in [0.4, 0.5) is 0 Å². The van der Waals surface area contributed by atoms with Crippen LogP contribution in [0.2, 0.25) is 0 Å². The Balaban J connectivity index is 4.03. The van der Waals surface area contributed by atoms with Crippen LogP contribution < -0.4 is 11.1 Å². The zero-order valence-corrected chi connectivity index (χ0v) is 7.12. The molecule has 0 aliphatic rings. The van der Waals surface area contributed by atoms with E-state index in [2.05, 4.69) is 11.2 Å². The van der Waals surface area contributed by atoms with E-state index >= 15 is 0 Å². The molecule has 5 nitrogen and oxygen atoms in total. The fourth-order valence-electron chi connectivity index (χ4n) is 0.716. The highest BCUT2D eigenvalue weighted by Crippen LogP contribution is 1.91. The molecule has 72 valence electrons. The Bertz CT molecular complexity index is 232. The minimum absolute atomic E-state index is 0.0222. The average molecular weight is 184 g/mol. The maximum Gasteiger partial charge on any atom is 0.327 e. The molecule has 0 aromatic carbocycles. The summed E-state index contributed by atoms with van der Waals surface area (Å²) in [6, 6.07) is -1.01. The zero-order chi connectivity index (χ0) is 10.3. The minimum atomic E-state index is -1.14. The lowest BCUT2D eigenvalue weighted by Crippen LogP contribution is -2.41. The van der Waals surface area contributed by atoms with Crippen LogP contribution in [0.3, 0.4) is 0 Å². The van der Waals surface area contributed by atoms with Crippen molar-refractivity contribution >= 4 is 11.9 Å². The maximum atomic E-state index is 10.9. The Hall–Kier alpha value is -1.54. The number of hydrogen-bond donors (Lipinski definition) is 3. The van der Waals surface area contributed by atoms with Gasteiger partial charge in [0.2, 0.25) is 5.91 Å². The highest BCUT2D eigenvalue weighted by Gasteiger charge is 2.17. The van der Waals surface area contributed by atoms with Gasteiger partial charge in [-0.25, -0.2) is 4.79 Å². The summed E-state index contributed by atoms with van der Waals surface area (Å²) in [5.41, 5.74) is 5.11. The van der Waals surface area contributed by atoms with Gasteiger partial charge in [0.05, 0.1) is 0 Å². The van der Waals surface area contributed by atoms with E-state index in [0.29, 0.717) is 0 Å². The number of terminal acetylenes is 1. The summed E-state index contributed by atoms with van der Waals surface area (Å²) in [7, 11) is 0. The molecule has 5 heteroatoms. The Kier molecular flexibility index (Phi) is 5.32. The molecule has 0 aromatic heterocycles. The number of carboxylic acid groups (broad SMARTS) is 1. The molecule has 0 aliphatic heterocycles. The first kappa shape index (κ1) is 11.5. The van der Waals surface area contributed by atoms with Crippen LogP contribution in [0.25, 0.3) is 0 Å². The average Bonchev–Trinajstić information content (AvgIpc) is 2.04. The number of nitrogens with two attached hydrogens (primary N) is 1. The lowest BCUT2D eigenvalue weighted by Gasteiger charge is -2.10. The van der Waals surface area contributed by atoms with Gasteiger partial charge in [-0.15, -0.1) is 12.3 Å². The van der Waals surface area contributed by atoms with Crippen molar-refractivity contribution in [2.45, 2.75) is 18.9 Å². The molecule has 0 aliphatic carbocycles. The molecule has 0 radical (unpaired) electrons. The van der Waals surface area contributed by atoms with E-state index < -0.39 is 17.9 Å². The Morgan fingerprint density at radius 3 is 2.62 bits per heavy atom. The largest absolute Gasteiger partial charge is 0.480 e. The fraction of sp³-hybridized carbons (Fsp3) is 0.500. The predicted octanol–water partition coefficient (Wildman–Crippen LogP) is -1.07. The lowest BCUT2D eigenvalue weighted by molar-refractivity contribution is -0.141. The third kappa shape index (κ3) is 4.82. The SMILES string of the molecule is C#CCC(NC(=O)CCN)C(=O)O. The molecule has 0 fully saturated rings. The van der Waals surface area contributed by atoms with Crippen molar-refractivity contribution < 1.29 is 14.7 Å². The first-order valence-corrected chi connectivity index (χ1v) is 3.77. The number of amides is 1. The van der Waals surface area contributed by atoms with E-state index in [4.69, 9.17) is 17.3 Å². The number of hydrogen-bond acceptors (Lipinski definition) is 3. The number of carbonyl (C=O) groups excluding carboxylic acids is 1. The summed E-state index contributed by atoms with van der Waals surface area (Å²) >= 11 is 0. The van der Waals surface area contributed by atoms with Crippen molar-refractivity contribution in [2.24, 2.45) is 5.73 Å². The molecule has 0 aromatic rings. The third-order valence-corrected chi connectivity index (χ3v) is 1.33. The quantitative estimate of drug-likeness (QED) is 0.474. The summed E-state index contributed by atoms with van der Waals surface area (Å²) in [5, 5.41) is 10.8. The van der Waals surface area contributed by atoms with Crippen LogP contribution in [-0.2, 0) is 9.59 Å². The summed E-state index contributed by atoms with van der Waals surface area (Å²) in [4.78, 5) is 21.4. The van der Waals surface area contributed by atoms with Gasteiger partial charge in [0.25, 0.3) is 0 Å². The van der Waals surface area contributed by atoms with Crippen LogP contribution in [0.5, 0.6) is 0 Å². The number of carbonyl (C=O) groups is 2. The van der Waals surface area contributed by atoms with Crippen molar-refractivity contribution in [3.05, 3.63) is 0 Å². The Morgan fingerprint density at radius 1 is 1.62 bits per heavy atom. The molecular weight excluding hydrogens is 172 g/mol. The van der Waals surface area contributed by atoms with Crippen LogP contribution >= 0.6 is 0 Å². The molecule has 13 heavy (non-hydrogen) atoms. The van der Waals surface area contributed by atoms with Gasteiger partial charge in [0.1, 0.15) is 6.04 Å². The van der Waals surface area contributed by atoms with Crippen molar-refractivity contribution in [3.63, 3.8) is 0 Å². The molecule has 0 spiro atoms. The maximum absolute atomic E-state index is 10.9. The molecule has 0 heterocycles. The van der Waals surface area contributed by atoms with Crippen LogP contribution in [0, 0.1) is 12.3 Å². The molecule has 1 amide bonds. The van der Waals surface area contributed by atoms with Crippen molar-refractivity contribution in [3.8, 4) is 12.3 Å². The zero-order valence-electron chi connectivity index (χ0n) is 7.12. The smallest absolute Gasteiger partial charge is 0.327 e. The number of carboxylic acids is 1. The monoisotopic (exact) mass is 184 g/mol. The Morgan fingerprint density at radius 2 is 2.23 bits per heavy atom. The van der Waals surface area contributed by atoms with Gasteiger partial charge in [0, 0.05) is 19.4 Å². The van der Waals surface area contributed by atoms with Gasteiger partial charge < -0.3 is 16.2 Å². The van der Waals surface area contributed by atoms with Crippen LogP contribution in [-0.4, -0.2) is 29.6 Å². The van der Waals surface area contributed by atoms with Crippen molar-refractivity contribution in [2.75, 3.05) is 6.54 Å². The molecule has 1 unspecified atom stereocenters. The fourth-order valence-corrected chi connectivity index (χ4v) is 0.716. The van der Waals surface area contributed by atoms with Gasteiger partial charge in [-0.05, 0) is 0 Å². The molecule has 0 saturated heterocycles. The van der Waals surface area contributed by atoms with Crippen molar-refractivity contribution in [1.29, 1.82) is 0 Å². The number of nitrogens with one attached hydrogen (secondary N) is 1. The van der Waals surface area contributed by atoms with E-state index in [1.165, 1.54) is 0 Å². The second-order valence-corrected chi connectivity index (χ2v) is 2.41. The molecule has 0 rings (SSSR count). The molecule has 0 bridgehead atoms. The molecule has 0 saturated carbocycles. The van der Waals surface area contributed by atoms with Gasteiger partial charge in [-0.1, -0.05) is 0 Å². The van der Waals surface area contributed by atoms with Gasteiger partial charge >= 0.3 is 5.97 Å². The molecule has 1 atom stereocenters. The second kappa shape index (κ2) is 6.03. The minimum Gasteiger partial charge on any atom is -0.480 e. The normalized spacial score (nSPS) is 11.4. The topological polar surface area (TPSA) is 92.4 Å². The van der Waals surface area contributed by atoms with Gasteiger partial charge in [-0.2, -0.15) is 0 Å². The summed E-state index contributed by atoms with van der Waals surface area (Å²) in [6.07, 6.45) is 5.01. The first-order valence-electron chi connectivity index (χ1n) is 3.77. The third-order valence-electron chi connectivity index (χ3n) is 1.33. The van der Waals surface area contributed by atoms with E-state index in [1.54, 1.807) is 0 Å². The van der Waals surface area contributed by atoms with E-state index in [0.717, 1.165) is 0 Å². The predicted molar refractivity (Wildman–Crippen MR) is 46.7 cm³/mol. The lowest BCUT2D eigenvalue weighted by atomic mass is 10.2. The molecular formula is C8H12N2O3. The van der Waals surface area contributed by atoms with Crippen LogP contribution in [0.15, 0.2) is 0 Å². The highest BCUT2D eigenvalue weighted by atomic mass is 16.4. The summed E-state index contributed by atoms with van der Waals surface area (Å²) in [5.74, 6) is 0.636. The van der Waals surface area contributed by atoms with Gasteiger partial charge in [-0.3, -0.25) is 4.79 Å². The first-order chi connectivity index (χ1) is 6.11. The standard InChI is InChI=1S/C8H12N2O3/c1-2-3-6(8(12)13)10-7(11)4-5-9/h1,6H,3-5,9H2,(H,10,11)(H,12,13). The second-order valence-electron chi connectivity index (χ2n) is 2.41. The number of rotatable bonds is 5. The van der Waals surface area contributed by atoms with Crippen molar-refractivity contribution in [1.82, 2.24) is 5.32 Å². The van der Waals surface area contributed by atoms with Crippen LogP contribution in [0.1, 0.15) is 12.8 Å². The molecule has 4 N–H and O–H groups in total. The number of aliphatic carboxylic acids is 1. The van der Waals surface area contributed by atoms with E-state index in [-0.39, 0.29) is 19.4 Å². The summed E-state index contributed by atoms with van der Waals surface area (Å²) in [6.45, 7) is 0.189. The Labute approximate surface area is 76.3 Å². The summed E-state index contributed by atoms with van der Waals surface area (Å²) < 4.78 is 0. The van der Waals surface area contributed by atoms with E-state index in [9.17, 15) is 9.59 Å².